The Balaban J connectivity index is 1.78. The molecule has 31 heavy (non-hydrogen) atoms. The van der Waals surface area contributed by atoms with Crippen molar-refractivity contribution in [2.75, 3.05) is 0 Å². The second-order valence-corrected chi connectivity index (χ2v) is 7.42. The number of carbonyl (C=O) groups is 1. The molecule has 1 heterocycles. The number of halogens is 1. The summed E-state index contributed by atoms with van der Waals surface area (Å²) in [5, 5.41) is 15.0. The highest BCUT2D eigenvalue weighted by molar-refractivity contribution is 6.31. The molecule has 1 aromatic heterocycles. The topological polar surface area (TPSA) is 64.4 Å². The van der Waals surface area contributed by atoms with Crippen LogP contribution in [0, 0.1) is 0 Å². The van der Waals surface area contributed by atoms with E-state index in [0.29, 0.717) is 34.1 Å². The van der Waals surface area contributed by atoms with Gasteiger partial charge in [-0.2, -0.15) is 5.10 Å². The number of hydrogen-bond donors (Lipinski definition) is 1. The molecule has 0 spiro atoms. The van der Waals surface area contributed by atoms with Crippen molar-refractivity contribution in [1.82, 2.24) is 9.78 Å². The smallest absolute Gasteiger partial charge is 0.349 e. The third-order valence-corrected chi connectivity index (χ3v) is 5.17. The van der Waals surface area contributed by atoms with Crippen molar-refractivity contribution < 1.29 is 14.6 Å². The molecule has 0 aliphatic carbocycles. The maximum Gasteiger partial charge on any atom is 0.349 e. The number of rotatable bonds is 7. The molecule has 0 bridgehead atoms. The van der Waals surface area contributed by atoms with Crippen molar-refractivity contribution in [2.45, 2.75) is 19.6 Å². The highest BCUT2D eigenvalue weighted by Crippen LogP contribution is 2.36. The first-order chi connectivity index (χ1) is 15.1. The van der Waals surface area contributed by atoms with E-state index in [4.69, 9.17) is 21.4 Å². The fourth-order valence-corrected chi connectivity index (χ4v) is 3.62. The first kappa shape index (κ1) is 20.7. The van der Waals surface area contributed by atoms with Gasteiger partial charge < -0.3 is 9.84 Å². The number of aliphatic carboxylic acids is 1. The zero-order valence-electron chi connectivity index (χ0n) is 16.9. The molecule has 0 aliphatic rings. The molecule has 0 saturated heterocycles. The molecular weight excluding hydrogens is 412 g/mol. The van der Waals surface area contributed by atoms with Crippen LogP contribution < -0.4 is 4.74 Å². The van der Waals surface area contributed by atoms with Gasteiger partial charge in [-0.15, -0.1) is 0 Å². The Morgan fingerprint density at radius 1 is 1.03 bits per heavy atom. The minimum Gasteiger partial charge on any atom is -0.478 e. The molecule has 3 aromatic carbocycles. The zero-order valence-corrected chi connectivity index (χ0v) is 17.7. The predicted octanol–water partition coefficient (Wildman–Crippen LogP) is 6.10. The fourth-order valence-electron chi connectivity index (χ4n) is 3.45. The van der Waals surface area contributed by atoms with Crippen molar-refractivity contribution >= 4 is 17.6 Å². The lowest BCUT2D eigenvalue weighted by Gasteiger charge is -2.17. The lowest BCUT2D eigenvalue weighted by molar-refractivity contribution is -0.145. The summed E-state index contributed by atoms with van der Waals surface area (Å²) in [6.07, 6.45) is -1.15. The first-order valence-electron chi connectivity index (χ1n) is 9.94. The molecule has 1 atom stereocenters. The molecule has 4 aromatic rings. The van der Waals surface area contributed by atoms with E-state index in [0.717, 1.165) is 11.3 Å². The Hall–Kier alpha value is -3.57. The number of aryl methyl sites for hydroxylation is 1. The van der Waals surface area contributed by atoms with E-state index in [1.165, 1.54) is 0 Å². The van der Waals surface area contributed by atoms with Crippen molar-refractivity contribution in [3.05, 3.63) is 95.5 Å². The number of benzene rings is 3. The average Bonchev–Trinajstić information content (AvgIpc) is 3.23. The van der Waals surface area contributed by atoms with Gasteiger partial charge in [0.1, 0.15) is 5.75 Å². The van der Waals surface area contributed by atoms with Gasteiger partial charge in [0.2, 0.25) is 6.10 Å². The Kier molecular flexibility index (Phi) is 6.05. The molecule has 0 amide bonds. The monoisotopic (exact) mass is 432 g/mol. The van der Waals surface area contributed by atoms with Crippen LogP contribution in [0.25, 0.3) is 22.5 Å². The number of nitrogens with zero attached hydrogens (tertiary/aromatic N) is 2. The van der Waals surface area contributed by atoms with E-state index in [1.807, 2.05) is 54.1 Å². The second-order valence-electron chi connectivity index (χ2n) is 6.98. The largest absolute Gasteiger partial charge is 0.478 e. The van der Waals surface area contributed by atoms with Crippen LogP contribution in [0.3, 0.4) is 0 Å². The van der Waals surface area contributed by atoms with E-state index in [1.54, 1.807) is 42.5 Å². The maximum atomic E-state index is 11.9. The molecule has 1 N–H and O–H groups in total. The second kappa shape index (κ2) is 9.06. The van der Waals surface area contributed by atoms with E-state index < -0.39 is 12.1 Å². The zero-order chi connectivity index (χ0) is 21.8. The Morgan fingerprint density at radius 3 is 2.35 bits per heavy atom. The Morgan fingerprint density at radius 2 is 1.71 bits per heavy atom. The van der Waals surface area contributed by atoms with Crippen LogP contribution in [0.5, 0.6) is 5.75 Å². The van der Waals surface area contributed by atoms with Gasteiger partial charge in [-0.05, 0) is 36.8 Å². The lowest BCUT2D eigenvalue weighted by atomic mass is 10.1. The third kappa shape index (κ3) is 4.47. The Bertz CT molecular complexity index is 1190. The highest BCUT2D eigenvalue weighted by Gasteiger charge is 2.24. The molecule has 5 nitrogen and oxygen atoms in total. The van der Waals surface area contributed by atoms with E-state index >= 15 is 0 Å². The summed E-state index contributed by atoms with van der Waals surface area (Å²) in [5.74, 6) is -0.669. The minimum absolute atomic E-state index is 0.404. The SMILES string of the molecule is CCn1nc(-c2cc(Cl)ccc2OC(C(=O)O)c2ccccc2)cc1-c1ccccc1. The van der Waals surface area contributed by atoms with Gasteiger partial charge >= 0.3 is 5.97 Å². The van der Waals surface area contributed by atoms with Crippen molar-refractivity contribution in [3.63, 3.8) is 0 Å². The van der Waals surface area contributed by atoms with Gasteiger partial charge in [-0.3, -0.25) is 4.68 Å². The molecule has 4 rings (SSSR count). The summed E-state index contributed by atoms with van der Waals surface area (Å²) >= 11 is 6.27. The normalized spacial score (nSPS) is 11.8. The van der Waals surface area contributed by atoms with Crippen LogP contribution in [0.15, 0.2) is 84.9 Å². The molecule has 0 saturated carbocycles. The highest BCUT2D eigenvalue weighted by atomic mass is 35.5. The number of aromatic nitrogens is 2. The van der Waals surface area contributed by atoms with Gasteiger partial charge in [0.05, 0.1) is 11.4 Å². The number of ether oxygens (including phenoxy) is 1. The quantitative estimate of drug-likeness (QED) is 0.383. The third-order valence-electron chi connectivity index (χ3n) is 4.94. The summed E-state index contributed by atoms with van der Waals surface area (Å²) in [6, 6.07) is 25.9. The summed E-state index contributed by atoms with van der Waals surface area (Å²) in [7, 11) is 0. The van der Waals surface area contributed by atoms with Crippen LogP contribution in [0.4, 0.5) is 0 Å². The van der Waals surface area contributed by atoms with Gasteiger partial charge in [0.15, 0.2) is 0 Å². The van der Waals surface area contributed by atoms with Gasteiger partial charge in [-0.25, -0.2) is 4.79 Å². The summed E-state index contributed by atoms with van der Waals surface area (Å²) in [4.78, 5) is 11.9. The van der Waals surface area contributed by atoms with Crippen LogP contribution in [0.1, 0.15) is 18.6 Å². The predicted molar refractivity (Wildman–Crippen MR) is 121 cm³/mol. The van der Waals surface area contributed by atoms with Gasteiger partial charge in [0.25, 0.3) is 0 Å². The summed E-state index contributed by atoms with van der Waals surface area (Å²) < 4.78 is 7.89. The standard InChI is InChI=1S/C25H21ClN2O3/c1-2-28-22(17-9-5-3-6-10-17)16-21(27-28)20-15-19(26)13-14-23(20)31-24(25(29)30)18-11-7-4-8-12-18/h3-16,24H,2H2,1H3,(H,29,30). The molecule has 0 fully saturated rings. The molecule has 6 heteroatoms. The van der Waals surface area contributed by atoms with Crippen molar-refractivity contribution in [3.8, 4) is 28.3 Å². The van der Waals surface area contributed by atoms with Crippen LogP contribution in [-0.2, 0) is 11.3 Å². The van der Waals surface area contributed by atoms with Gasteiger partial charge in [-0.1, -0.05) is 72.3 Å². The summed E-state index contributed by atoms with van der Waals surface area (Å²) in [6.45, 7) is 2.71. The lowest BCUT2D eigenvalue weighted by Crippen LogP contribution is -2.18. The first-order valence-corrected chi connectivity index (χ1v) is 10.3. The van der Waals surface area contributed by atoms with E-state index in [9.17, 15) is 9.90 Å². The molecule has 0 radical (unpaired) electrons. The Labute approximate surface area is 185 Å². The summed E-state index contributed by atoms with van der Waals surface area (Å²) in [5.41, 5.74) is 3.86. The van der Waals surface area contributed by atoms with Gasteiger partial charge in [0, 0.05) is 22.7 Å². The number of carboxylic acids is 1. The maximum absolute atomic E-state index is 11.9. The van der Waals surface area contributed by atoms with E-state index in [-0.39, 0.29) is 0 Å². The minimum atomic E-state index is -1.15. The van der Waals surface area contributed by atoms with Crippen LogP contribution in [0.2, 0.25) is 5.02 Å². The molecule has 1 unspecified atom stereocenters. The number of carboxylic acid groups (broad SMARTS) is 1. The van der Waals surface area contributed by atoms with Crippen molar-refractivity contribution in [2.24, 2.45) is 0 Å². The van der Waals surface area contributed by atoms with Crippen LogP contribution >= 0.6 is 11.6 Å². The van der Waals surface area contributed by atoms with Crippen molar-refractivity contribution in [1.29, 1.82) is 0 Å². The fraction of sp³-hybridized carbons (Fsp3) is 0.120. The molecular formula is C25H21ClN2O3. The average molecular weight is 433 g/mol. The number of hydrogen-bond acceptors (Lipinski definition) is 3. The molecule has 0 aliphatic heterocycles. The van der Waals surface area contributed by atoms with Crippen LogP contribution in [-0.4, -0.2) is 20.9 Å². The van der Waals surface area contributed by atoms with E-state index in [2.05, 4.69) is 0 Å². The molecule has 156 valence electrons.